The lowest BCUT2D eigenvalue weighted by molar-refractivity contribution is -0.130. The van der Waals surface area contributed by atoms with Crippen LogP contribution in [0.1, 0.15) is 45.4 Å². The minimum absolute atomic E-state index is 0.00898. The van der Waals surface area contributed by atoms with Crippen molar-refractivity contribution in [2.45, 2.75) is 57.5 Å². The van der Waals surface area contributed by atoms with Crippen molar-refractivity contribution < 1.29 is 9.59 Å². The molecule has 2 amide bonds. The van der Waals surface area contributed by atoms with E-state index in [4.69, 9.17) is 0 Å². The van der Waals surface area contributed by atoms with Crippen molar-refractivity contribution in [1.29, 1.82) is 0 Å². The molecule has 5 heteroatoms. The van der Waals surface area contributed by atoms with Crippen LogP contribution < -0.4 is 10.6 Å². The maximum atomic E-state index is 11.8. The Hall–Kier alpha value is -1.10. The van der Waals surface area contributed by atoms with Gasteiger partial charge in [0.2, 0.25) is 11.8 Å². The van der Waals surface area contributed by atoms with Gasteiger partial charge in [0.05, 0.1) is 12.6 Å². The highest BCUT2D eigenvalue weighted by Crippen LogP contribution is 2.16. The van der Waals surface area contributed by atoms with E-state index in [2.05, 4.69) is 10.6 Å². The summed E-state index contributed by atoms with van der Waals surface area (Å²) in [5, 5.41) is 6.02. The smallest absolute Gasteiger partial charge is 0.238 e. The number of nitrogens with zero attached hydrogens (tertiary/aromatic N) is 1. The Kier molecular flexibility index (Phi) is 6.84. The number of nitrogens with one attached hydrogen (secondary N) is 2. The topological polar surface area (TPSA) is 61.4 Å². The third-order valence-corrected chi connectivity index (χ3v) is 3.60. The lowest BCUT2D eigenvalue weighted by Crippen LogP contribution is -2.47. The molecule has 0 aromatic heterocycles. The van der Waals surface area contributed by atoms with Crippen molar-refractivity contribution in [3.05, 3.63) is 0 Å². The molecule has 2 N–H and O–H groups in total. The first-order valence-corrected chi connectivity index (χ1v) is 7.24. The van der Waals surface area contributed by atoms with Crippen molar-refractivity contribution in [3.63, 3.8) is 0 Å². The number of rotatable bonds is 5. The van der Waals surface area contributed by atoms with Gasteiger partial charge in [0.15, 0.2) is 0 Å². The molecule has 1 rings (SSSR count). The van der Waals surface area contributed by atoms with Gasteiger partial charge in [-0.25, -0.2) is 0 Å². The average Bonchev–Trinajstić information content (AvgIpc) is 2.63. The van der Waals surface area contributed by atoms with E-state index in [1.54, 1.807) is 21.0 Å². The second-order valence-corrected chi connectivity index (χ2v) is 5.59. The van der Waals surface area contributed by atoms with Gasteiger partial charge >= 0.3 is 0 Å². The first kappa shape index (κ1) is 16.0. The molecule has 1 aliphatic rings. The normalized spacial score (nSPS) is 18.5. The minimum Gasteiger partial charge on any atom is -0.352 e. The standard InChI is InChI=1S/C14H27N3O2/c1-11(14(19)17(2)3)15-10-13(18)16-12-8-6-4-5-7-9-12/h11-12,15H,4-10H2,1-3H3,(H,16,18). The zero-order valence-corrected chi connectivity index (χ0v) is 12.4. The molecule has 0 spiro atoms. The van der Waals surface area contributed by atoms with Gasteiger partial charge in [0.25, 0.3) is 0 Å². The van der Waals surface area contributed by atoms with E-state index in [0.717, 1.165) is 12.8 Å². The number of likely N-dealkylation sites (N-methyl/N-ethyl adjacent to an activating group) is 1. The van der Waals surface area contributed by atoms with Crippen LogP contribution in [0.25, 0.3) is 0 Å². The van der Waals surface area contributed by atoms with E-state index in [-0.39, 0.29) is 24.4 Å². The number of hydrogen-bond donors (Lipinski definition) is 2. The van der Waals surface area contributed by atoms with E-state index in [1.807, 2.05) is 0 Å². The molecule has 0 saturated heterocycles. The van der Waals surface area contributed by atoms with Gasteiger partial charge in [0.1, 0.15) is 0 Å². The molecule has 0 aromatic rings. The van der Waals surface area contributed by atoms with Crippen molar-refractivity contribution in [2.24, 2.45) is 0 Å². The predicted octanol–water partition coefficient (Wildman–Crippen LogP) is 0.892. The predicted molar refractivity (Wildman–Crippen MR) is 75.8 cm³/mol. The van der Waals surface area contributed by atoms with E-state index in [0.29, 0.717) is 6.04 Å². The second kappa shape index (κ2) is 8.15. The molecule has 0 bridgehead atoms. The summed E-state index contributed by atoms with van der Waals surface area (Å²) in [6, 6.07) is -0.00783. The molecule has 1 unspecified atom stereocenters. The summed E-state index contributed by atoms with van der Waals surface area (Å²) in [6.45, 7) is 1.98. The quantitative estimate of drug-likeness (QED) is 0.729. The first-order valence-electron chi connectivity index (χ1n) is 7.24. The average molecular weight is 269 g/mol. The molecular formula is C14H27N3O2. The van der Waals surface area contributed by atoms with E-state index >= 15 is 0 Å². The fourth-order valence-electron chi connectivity index (χ4n) is 2.42. The van der Waals surface area contributed by atoms with Crippen molar-refractivity contribution >= 4 is 11.8 Å². The van der Waals surface area contributed by atoms with Crippen LogP contribution in [0.5, 0.6) is 0 Å². The Morgan fingerprint density at radius 1 is 1.16 bits per heavy atom. The third kappa shape index (κ3) is 6.05. The lowest BCUT2D eigenvalue weighted by Gasteiger charge is -2.19. The first-order chi connectivity index (χ1) is 9.00. The molecule has 1 atom stereocenters. The number of hydrogen-bond acceptors (Lipinski definition) is 3. The molecule has 0 aliphatic heterocycles. The van der Waals surface area contributed by atoms with Gasteiger partial charge in [-0.1, -0.05) is 25.7 Å². The number of amides is 2. The van der Waals surface area contributed by atoms with Crippen LogP contribution in [0.15, 0.2) is 0 Å². The fourth-order valence-corrected chi connectivity index (χ4v) is 2.42. The highest BCUT2D eigenvalue weighted by atomic mass is 16.2. The van der Waals surface area contributed by atoms with E-state index in [1.165, 1.54) is 30.6 Å². The fraction of sp³-hybridized carbons (Fsp3) is 0.857. The summed E-state index contributed by atoms with van der Waals surface area (Å²) < 4.78 is 0. The Bertz CT molecular complexity index is 297. The van der Waals surface area contributed by atoms with Gasteiger partial charge in [-0.15, -0.1) is 0 Å². The summed E-state index contributed by atoms with van der Waals surface area (Å²) in [7, 11) is 3.43. The highest BCUT2D eigenvalue weighted by molar-refractivity contribution is 5.83. The summed E-state index contributed by atoms with van der Waals surface area (Å²) in [5.41, 5.74) is 0. The van der Waals surface area contributed by atoms with Gasteiger partial charge in [-0.2, -0.15) is 0 Å². The SMILES string of the molecule is CC(NCC(=O)NC1CCCCCC1)C(=O)N(C)C. The zero-order chi connectivity index (χ0) is 14.3. The van der Waals surface area contributed by atoms with Crippen LogP contribution in [-0.2, 0) is 9.59 Å². The van der Waals surface area contributed by atoms with E-state index in [9.17, 15) is 9.59 Å². The molecule has 1 saturated carbocycles. The Balaban J connectivity index is 2.25. The second-order valence-electron chi connectivity index (χ2n) is 5.59. The van der Waals surface area contributed by atoms with Crippen LogP contribution in [0.2, 0.25) is 0 Å². The van der Waals surface area contributed by atoms with Crippen molar-refractivity contribution in [3.8, 4) is 0 Å². The molecule has 0 aromatic carbocycles. The molecule has 0 heterocycles. The molecular weight excluding hydrogens is 242 g/mol. The molecule has 1 fully saturated rings. The monoisotopic (exact) mass is 269 g/mol. The van der Waals surface area contributed by atoms with Crippen molar-refractivity contribution in [1.82, 2.24) is 15.5 Å². The van der Waals surface area contributed by atoms with E-state index < -0.39 is 0 Å². The van der Waals surface area contributed by atoms with Crippen molar-refractivity contribution in [2.75, 3.05) is 20.6 Å². The number of carbonyl (C=O) groups is 2. The molecule has 19 heavy (non-hydrogen) atoms. The largest absolute Gasteiger partial charge is 0.352 e. The summed E-state index contributed by atoms with van der Waals surface area (Å²) in [4.78, 5) is 25.0. The molecule has 0 radical (unpaired) electrons. The van der Waals surface area contributed by atoms with Gasteiger partial charge in [-0.3, -0.25) is 14.9 Å². The Morgan fingerprint density at radius 2 is 1.74 bits per heavy atom. The lowest BCUT2D eigenvalue weighted by atomic mass is 10.1. The number of carbonyl (C=O) groups excluding carboxylic acids is 2. The summed E-state index contributed by atoms with van der Waals surface area (Å²) >= 11 is 0. The Labute approximate surface area is 116 Å². The zero-order valence-electron chi connectivity index (χ0n) is 12.4. The van der Waals surface area contributed by atoms with Crippen LogP contribution in [0, 0.1) is 0 Å². The van der Waals surface area contributed by atoms with Gasteiger partial charge < -0.3 is 10.2 Å². The molecule has 110 valence electrons. The summed E-state index contributed by atoms with van der Waals surface area (Å²) in [5.74, 6) is -0.0208. The van der Waals surface area contributed by atoms with Crippen LogP contribution in [-0.4, -0.2) is 49.4 Å². The maximum absolute atomic E-state index is 11.8. The molecule has 5 nitrogen and oxygen atoms in total. The third-order valence-electron chi connectivity index (χ3n) is 3.60. The van der Waals surface area contributed by atoms with Gasteiger partial charge in [-0.05, 0) is 19.8 Å². The van der Waals surface area contributed by atoms with Crippen LogP contribution in [0.4, 0.5) is 0 Å². The summed E-state index contributed by atoms with van der Waals surface area (Å²) in [6.07, 6.45) is 7.12. The highest BCUT2D eigenvalue weighted by Gasteiger charge is 2.17. The van der Waals surface area contributed by atoms with Gasteiger partial charge in [0, 0.05) is 20.1 Å². The maximum Gasteiger partial charge on any atom is 0.238 e. The van der Waals surface area contributed by atoms with Crippen LogP contribution >= 0.6 is 0 Å². The molecule has 1 aliphatic carbocycles. The van der Waals surface area contributed by atoms with Crippen LogP contribution in [0.3, 0.4) is 0 Å². The Morgan fingerprint density at radius 3 is 2.26 bits per heavy atom. The minimum atomic E-state index is -0.324.